The second-order valence-corrected chi connectivity index (χ2v) is 5.68. The highest BCUT2D eigenvalue weighted by Crippen LogP contribution is 2.23. The molecule has 0 aliphatic heterocycles. The van der Waals surface area contributed by atoms with Crippen molar-refractivity contribution in [2.75, 3.05) is 23.8 Å². The van der Waals surface area contributed by atoms with Crippen molar-refractivity contribution in [1.29, 1.82) is 0 Å². The number of nitrogens with zero attached hydrogens (tertiary/aromatic N) is 2. The minimum Gasteiger partial charge on any atom is -0.396 e. The van der Waals surface area contributed by atoms with Crippen LogP contribution in [0.5, 0.6) is 0 Å². The normalized spacial score (nSPS) is 12.5. The quantitative estimate of drug-likeness (QED) is 0.683. The lowest BCUT2D eigenvalue weighted by Crippen LogP contribution is -2.27. The van der Waals surface area contributed by atoms with Crippen LogP contribution in [0.1, 0.15) is 33.6 Å². The van der Waals surface area contributed by atoms with E-state index in [-0.39, 0.29) is 12.6 Å². The molecule has 1 unspecified atom stereocenters. The number of hydrogen-bond acceptors (Lipinski definition) is 5. The maximum Gasteiger partial charge on any atom is 0.224 e. The zero-order chi connectivity index (χ0) is 14.3. The molecule has 0 saturated heterocycles. The smallest absolute Gasteiger partial charge is 0.224 e. The zero-order valence-electron chi connectivity index (χ0n) is 11.8. The molecule has 0 spiro atoms. The van der Waals surface area contributed by atoms with Gasteiger partial charge >= 0.3 is 0 Å². The van der Waals surface area contributed by atoms with Crippen LogP contribution in [-0.2, 0) is 0 Å². The Morgan fingerprint density at radius 1 is 1.42 bits per heavy atom. The molecule has 0 saturated carbocycles. The molecule has 3 N–H and O–H groups in total. The van der Waals surface area contributed by atoms with E-state index in [1.165, 1.54) is 0 Å². The molecule has 0 amide bonds. The number of aliphatic hydroxyl groups excluding tert-OH is 1. The largest absolute Gasteiger partial charge is 0.396 e. The van der Waals surface area contributed by atoms with E-state index < -0.39 is 0 Å². The van der Waals surface area contributed by atoms with Crippen LogP contribution in [0.15, 0.2) is 10.7 Å². The number of halogens is 1. The molecular weight excluding hydrogens is 308 g/mol. The van der Waals surface area contributed by atoms with Gasteiger partial charge in [0.05, 0.1) is 4.47 Å². The molecule has 5 nitrogen and oxygen atoms in total. The lowest BCUT2D eigenvalue weighted by atomic mass is 10.0. The fourth-order valence-electron chi connectivity index (χ4n) is 1.68. The van der Waals surface area contributed by atoms with Crippen LogP contribution in [0, 0.1) is 5.92 Å². The van der Waals surface area contributed by atoms with Crippen molar-refractivity contribution in [1.82, 2.24) is 9.97 Å². The standard InChI is InChI=1S/C13H23BrN4O/c1-4-6-15-13-16-8-10(14)12(18-13)17-11(5-7-19)9(2)3/h8-9,11,19H,4-7H2,1-3H3,(H2,15,16,17,18). The summed E-state index contributed by atoms with van der Waals surface area (Å²) in [6.45, 7) is 7.36. The number of rotatable bonds is 8. The molecule has 0 bridgehead atoms. The Balaban J connectivity index is 2.79. The molecule has 1 heterocycles. The Hall–Kier alpha value is -0.880. The van der Waals surface area contributed by atoms with Gasteiger partial charge in [-0.2, -0.15) is 4.98 Å². The molecule has 1 atom stereocenters. The van der Waals surface area contributed by atoms with Crippen LogP contribution >= 0.6 is 15.9 Å². The minimum atomic E-state index is 0.166. The maximum absolute atomic E-state index is 9.11. The third kappa shape index (κ3) is 5.32. The van der Waals surface area contributed by atoms with Gasteiger partial charge in [-0.1, -0.05) is 20.8 Å². The fraction of sp³-hybridized carbons (Fsp3) is 0.692. The van der Waals surface area contributed by atoms with Crippen LogP contribution in [-0.4, -0.2) is 34.3 Å². The third-order valence-electron chi connectivity index (χ3n) is 2.84. The molecule has 1 aromatic rings. The van der Waals surface area contributed by atoms with Gasteiger partial charge in [-0.25, -0.2) is 4.98 Å². The lowest BCUT2D eigenvalue weighted by molar-refractivity contribution is 0.267. The molecule has 108 valence electrons. The van der Waals surface area contributed by atoms with Gasteiger partial charge in [0.1, 0.15) is 5.82 Å². The van der Waals surface area contributed by atoms with Crippen molar-refractivity contribution in [3.63, 3.8) is 0 Å². The van der Waals surface area contributed by atoms with Gasteiger partial charge in [-0.05, 0) is 34.7 Å². The first-order chi connectivity index (χ1) is 9.08. The summed E-state index contributed by atoms with van der Waals surface area (Å²) in [6, 6.07) is 0.190. The van der Waals surface area contributed by atoms with Gasteiger partial charge in [0, 0.05) is 25.4 Å². The van der Waals surface area contributed by atoms with Crippen molar-refractivity contribution in [3.8, 4) is 0 Å². The lowest BCUT2D eigenvalue weighted by Gasteiger charge is -2.22. The average molecular weight is 331 g/mol. The van der Waals surface area contributed by atoms with E-state index in [0.29, 0.717) is 18.3 Å². The maximum atomic E-state index is 9.11. The molecule has 1 aromatic heterocycles. The summed E-state index contributed by atoms with van der Waals surface area (Å²) in [7, 11) is 0. The van der Waals surface area contributed by atoms with Gasteiger partial charge in [-0.15, -0.1) is 0 Å². The Labute approximate surface area is 123 Å². The van der Waals surface area contributed by atoms with Crippen molar-refractivity contribution in [2.24, 2.45) is 5.92 Å². The number of anilines is 2. The van der Waals surface area contributed by atoms with E-state index in [2.05, 4.69) is 57.3 Å². The van der Waals surface area contributed by atoms with Gasteiger partial charge < -0.3 is 15.7 Å². The number of nitrogens with one attached hydrogen (secondary N) is 2. The fourth-order valence-corrected chi connectivity index (χ4v) is 1.98. The predicted molar refractivity (Wildman–Crippen MR) is 82.5 cm³/mol. The van der Waals surface area contributed by atoms with Crippen molar-refractivity contribution in [3.05, 3.63) is 10.7 Å². The Morgan fingerprint density at radius 3 is 2.74 bits per heavy atom. The van der Waals surface area contributed by atoms with Gasteiger partial charge in [0.2, 0.25) is 5.95 Å². The summed E-state index contributed by atoms with van der Waals surface area (Å²) in [6.07, 6.45) is 3.47. The third-order valence-corrected chi connectivity index (χ3v) is 3.42. The van der Waals surface area contributed by atoms with Gasteiger partial charge in [0.15, 0.2) is 0 Å². The average Bonchev–Trinajstić information content (AvgIpc) is 2.38. The summed E-state index contributed by atoms with van der Waals surface area (Å²) < 4.78 is 0.832. The van der Waals surface area contributed by atoms with Crippen molar-refractivity contribution < 1.29 is 5.11 Å². The Kier molecular flexibility index (Phi) is 7.09. The zero-order valence-corrected chi connectivity index (χ0v) is 13.4. The van der Waals surface area contributed by atoms with E-state index in [9.17, 15) is 0 Å². The molecule has 1 rings (SSSR count). The second-order valence-electron chi connectivity index (χ2n) is 4.82. The van der Waals surface area contributed by atoms with E-state index in [1.54, 1.807) is 6.20 Å². The molecule has 0 fully saturated rings. The first-order valence-corrected chi connectivity index (χ1v) is 7.51. The molecule has 6 heteroatoms. The van der Waals surface area contributed by atoms with E-state index in [0.717, 1.165) is 23.3 Å². The Morgan fingerprint density at radius 2 is 2.16 bits per heavy atom. The van der Waals surface area contributed by atoms with Crippen LogP contribution in [0.4, 0.5) is 11.8 Å². The summed E-state index contributed by atoms with van der Waals surface area (Å²) >= 11 is 3.45. The highest BCUT2D eigenvalue weighted by Gasteiger charge is 2.15. The second kappa shape index (κ2) is 8.32. The molecule has 0 aromatic carbocycles. The van der Waals surface area contributed by atoms with E-state index >= 15 is 0 Å². The first-order valence-electron chi connectivity index (χ1n) is 6.72. The van der Waals surface area contributed by atoms with Crippen molar-refractivity contribution >= 4 is 27.7 Å². The summed E-state index contributed by atoms with van der Waals surface area (Å²) in [5.74, 6) is 1.81. The predicted octanol–water partition coefficient (Wildman–Crippen LogP) is 2.88. The summed E-state index contributed by atoms with van der Waals surface area (Å²) in [4.78, 5) is 8.67. The molecule has 0 radical (unpaired) electrons. The Bertz CT molecular complexity index is 387. The van der Waals surface area contributed by atoms with Gasteiger partial charge in [-0.3, -0.25) is 0 Å². The number of aromatic nitrogens is 2. The highest BCUT2D eigenvalue weighted by atomic mass is 79.9. The van der Waals surface area contributed by atoms with Crippen LogP contribution in [0.3, 0.4) is 0 Å². The van der Waals surface area contributed by atoms with Crippen LogP contribution in [0.2, 0.25) is 0 Å². The summed E-state index contributed by atoms with van der Waals surface area (Å²) in [5.41, 5.74) is 0. The van der Waals surface area contributed by atoms with Crippen LogP contribution < -0.4 is 10.6 Å². The van der Waals surface area contributed by atoms with Gasteiger partial charge in [0.25, 0.3) is 0 Å². The molecule has 0 aliphatic rings. The molecule has 19 heavy (non-hydrogen) atoms. The minimum absolute atomic E-state index is 0.166. The number of hydrogen-bond donors (Lipinski definition) is 3. The summed E-state index contributed by atoms with van der Waals surface area (Å²) in [5, 5.41) is 15.6. The van der Waals surface area contributed by atoms with E-state index in [1.807, 2.05) is 0 Å². The van der Waals surface area contributed by atoms with E-state index in [4.69, 9.17) is 5.11 Å². The monoisotopic (exact) mass is 330 g/mol. The van der Waals surface area contributed by atoms with Crippen molar-refractivity contribution in [2.45, 2.75) is 39.7 Å². The highest BCUT2D eigenvalue weighted by molar-refractivity contribution is 9.10. The topological polar surface area (TPSA) is 70.1 Å². The SMILES string of the molecule is CCCNc1ncc(Br)c(NC(CCO)C(C)C)n1. The van der Waals surface area contributed by atoms with Crippen LogP contribution in [0.25, 0.3) is 0 Å². The first kappa shape index (κ1) is 16.2. The molecule has 0 aliphatic carbocycles. The number of aliphatic hydroxyl groups is 1. The molecular formula is C13H23BrN4O.